The van der Waals surface area contributed by atoms with Crippen LogP contribution in [0.5, 0.6) is 0 Å². The quantitative estimate of drug-likeness (QED) is 0.509. The van der Waals surface area contributed by atoms with Crippen molar-refractivity contribution >= 4 is 27.5 Å². The summed E-state index contributed by atoms with van der Waals surface area (Å²) < 4.78 is 39.8. The number of carbonyl (C=O) groups is 2. The maximum atomic E-state index is 13.5. The zero-order valence-electron chi connectivity index (χ0n) is 22.2. The van der Waals surface area contributed by atoms with Gasteiger partial charge in [0.1, 0.15) is 18.4 Å². The van der Waals surface area contributed by atoms with Gasteiger partial charge in [0.25, 0.3) is 0 Å². The zero-order valence-corrected chi connectivity index (χ0v) is 23.0. The number of hydrogen-bond donors (Lipinski definition) is 1. The van der Waals surface area contributed by atoms with Crippen LogP contribution in [0.3, 0.4) is 0 Å². The van der Waals surface area contributed by atoms with E-state index >= 15 is 0 Å². The van der Waals surface area contributed by atoms with Gasteiger partial charge in [0.15, 0.2) is 0 Å². The Bertz CT molecular complexity index is 1140. The molecule has 2 rings (SSSR count). The fraction of sp³-hybridized carbons (Fsp3) is 0.481. The molecule has 0 aliphatic heterocycles. The van der Waals surface area contributed by atoms with E-state index in [2.05, 4.69) is 26.1 Å². The second-order valence-electron chi connectivity index (χ2n) is 10.2. The molecule has 0 fully saturated rings. The highest BCUT2D eigenvalue weighted by Crippen LogP contribution is 2.26. The topological polar surface area (TPSA) is 86.8 Å². The normalized spacial score (nSPS) is 13.6. The number of nitrogens with one attached hydrogen (secondary N) is 1. The van der Waals surface area contributed by atoms with Crippen molar-refractivity contribution in [2.45, 2.75) is 72.0 Å². The van der Waals surface area contributed by atoms with Gasteiger partial charge in [-0.05, 0) is 61.1 Å². The van der Waals surface area contributed by atoms with Gasteiger partial charge in [0, 0.05) is 12.6 Å². The average Bonchev–Trinajstić information content (AvgIpc) is 2.80. The monoisotopic (exact) mass is 519 g/mol. The summed E-state index contributed by atoms with van der Waals surface area (Å²) in [4.78, 5) is 27.8. The van der Waals surface area contributed by atoms with Crippen LogP contribution >= 0.6 is 0 Å². The smallest absolute Gasteiger partial charge is 0.244 e. The van der Waals surface area contributed by atoms with Gasteiger partial charge in [-0.25, -0.2) is 12.8 Å². The first-order chi connectivity index (χ1) is 16.6. The maximum Gasteiger partial charge on any atom is 0.244 e. The van der Waals surface area contributed by atoms with E-state index in [1.54, 1.807) is 19.1 Å². The number of hydrogen-bond acceptors (Lipinski definition) is 4. The Balaban J connectivity index is 2.39. The Morgan fingerprint density at radius 2 is 1.56 bits per heavy atom. The van der Waals surface area contributed by atoms with Crippen molar-refractivity contribution in [3.05, 3.63) is 65.5 Å². The molecule has 2 atom stereocenters. The lowest BCUT2D eigenvalue weighted by Gasteiger charge is -2.32. The second-order valence-corrected chi connectivity index (χ2v) is 12.1. The van der Waals surface area contributed by atoms with Crippen LogP contribution in [0.25, 0.3) is 0 Å². The van der Waals surface area contributed by atoms with Gasteiger partial charge in [-0.2, -0.15) is 0 Å². The minimum Gasteiger partial charge on any atom is -0.352 e. The van der Waals surface area contributed by atoms with Crippen molar-refractivity contribution in [1.29, 1.82) is 0 Å². The molecule has 2 unspecified atom stereocenters. The fourth-order valence-corrected chi connectivity index (χ4v) is 4.43. The molecule has 198 valence electrons. The number of rotatable bonds is 10. The summed E-state index contributed by atoms with van der Waals surface area (Å²) in [7, 11) is -3.81. The summed E-state index contributed by atoms with van der Waals surface area (Å²) in [5.41, 5.74) is 1.89. The highest BCUT2D eigenvalue weighted by Gasteiger charge is 2.30. The number of nitrogens with zero attached hydrogens (tertiary/aromatic N) is 2. The summed E-state index contributed by atoms with van der Waals surface area (Å²) in [6, 6.07) is 11.7. The maximum absolute atomic E-state index is 13.5. The van der Waals surface area contributed by atoms with Crippen LogP contribution in [0.2, 0.25) is 0 Å². The predicted molar refractivity (Wildman–Crippen MR) is 142 cm³/mol. The Labute approximate surface area is 214 Å². The van der Waals surface area contributed by atoms with Gasteiger partial charge in [-0.1, -0.05) is 52.0 Å². The van der Waals surface area contributed by atoms with E-state index in [-0.39, 0.29) is 23.9 Å². The van der Waals surface area contributed by atoms with E-state index in [4.69, 9.17) is 0 Å². The van der Waals surface area contributed by atoms with E-state index in [0.717, 1.165) is 22.5 Å². The number of sulfonamides is 1. The molecule has 0 radical (unpaired) electrons. The van der Waals surface area contributed by atoms with Crippen LogP contribution in [-0.2, 0) is 31.6 Å². The Morgan fingerprint density at radius 3 is 2.03 bits per heavy atom. The molecule has 0 aliphatic rings. The number of carbonyl (C=O) groups excluding carboxylic acids is 2. The van der Waals surface area contributed by atoms with Crippen LogP contribution in [-0.4, -0.2) is 50.0 Å². The summed E-state index contributed by atoms with van der Waals surface area (Å²) in [5, 5.41) is 2.87. The van der Waals surface area contributed by atoms with Crippen molar-refractivity contribution in [2.75, 3.05) is 17.1 Å². The lowest BCUT2D eigenvalue weighted by atomic mass is 9.87. The SMILES string of the molecule is CCC(C)NC(=O)C(C)N(Cc1ccc(F)cc1)C(=O)CN(c1ccc(C(C)(C)C)cc1)S(C)(=O)=O. The van der Waals surface area contributed by atoms with Gasteiger partial charge in [-0.15, -0.1) is 0 Å². The standard InChI is InChI=1S/C27H38FN3O4S/c1-8-19(2)29-26(33)20(3)30(17-21-9-13-23(28)14-10-21)25(32)18-31(36(7,34)35)24-15-11-22(12-16-24)27(4,5)6/h9-16,19-20H,8,17-18H2,1-7H3,(H,29,33). The van der Waals surface area contributed by atoms with Gasteiger partial charge in [0.2, 0.25) is 21.8 Å². The van der Waals surface area contributed by atoms with Crippen LogP contribution in [0.4, 0.5) is 10.1 Å². The van der Waals surface area contributed by atoms with Crippen molar-refractivity contribution in [3.63, 3.8) is 0 Å². The largest absolute Gasteiger partial charge is 0.352 e. The van der Waals surface area contributed by atoms with Crippen LogP contribution in [0.1, 0.15) is 59.1 Å². The van der Waals surface area contributed by atoms with Gasteiger partial charge < -0.3 is 10.2 Å². The molecule has 9 heteroatoms. The van der Waals surface area contributed by atoms with E-state index in [1.807, 2.05) is 26.0 Å². The highest BCUT2D eigenvalue weighted by molar-refractivity contribution is 7.92. The molecule has 2 aromatic carbocycles. The van der Waals surface area contributed by atoms with E-state index < -0.39 is 34.3 Å². The average molecular weight is 520 g/mol. The van der Waals surface area contributed by atoms with Crippen molar-refractivity contribution in [1.82, 2.24) is 10.2 Å². The second kappa shape index (κ2) is 11.9. The number of benzene rings is 2. The number of halogens is 1. The van der Waals surface area contributed by atoms with Gasteiger partial charge in [0.05, 0.1) is 11.9 Å². The highest BCUT2D eigenvalue weighted by atomic mass is 32.2. The molecule has 0 bridgehead atoms. The van der Waals surface area contributed by atoms with Crippen LogP contribution in [0, 0.1) is 5.82 Å². The molecule has 0 spiro atoms. The third-order valence-corrected chi connectivity index (χ3v) is 7.28. The Kier molecular flexibility index (Phi) is 9.65. The molecular formula is C27H38FN3O4S. The van der Waals surface area contributed by atoms with E-state index in [1.165, 1.54) is 29.2 Å². The Morgan fingerprint density at radius 1 is 1.00 bits per heavy atom. The third-order valence-electron chi connectivity index (χ3n) is 6.14. The third kappa shape index (κ3) is 8.05. The van der Waals surface area contributed by atoms with Crippen molar-refractivity contribution in [3.8, 4) is 0 Å². The molecule has 0 heterocycles. The van der Waals surface area contributed by atoms with Crippen molar-refractivity contribution in [2.24, 2.45) is 0 Å². The van der Waals surface area contributed by atoms with Crippen LogP contribution < -0.4 is 9.62 Å². The van der Waals surface area contributed by atoms with E-state index in [0.29, 0.717) is 11.3 Å². The molecule has 7 nitrogen and oxygen atoms in total. The zero-order chi connectivity index (χ0) is 27.3. The molecule has 2 aromatic rings. The summed E-state index contributed by atoms with van der Waals surface area (Å²) in [6.07, 6.45) is 1.76. The minimum atomic E-state index is -3.81. The lowest BCUT2D eigenvalue weighted by molar-refractivity contribution is -0.139. The number of anilines is 1. The molecule has 0 saturated carbocycles. The van der Waals surface area contributed by atoms with Crippen LogP contribution in [0.15, 0.2) is 48.5 Å². The minimum absolute atomic E-state index is 0.0226. The lowest BCUT2D eigenvalue weighted by Crippen LogP contribution is -2.52. The predicted octanol–water partition coefficient (Wildman–Crippen LogP) is 4.22. The van der Waals surface area contributed by atoms with Gasteiger partial charge >= 0.3 is 0 Å². The first-order valence-corrected chi connectivity index (χ1v) is 13.9. The van der Waals surface area contributed by atoms with E-state index in [9.17, 15) is 22.4 Å². The summed E-state index contributed by atoms with van der Waals surface area (Å²) in [5.74, 6) is -1.31. The summed E-state index contributed by atoms with van der Waals surface area (Å²) >= 11 is 0. The first-order valence-electron chi connectivity index (χ1n) is 12.1. The molecule has 0 aromatic heterocycles. The fourth-order valence-electron chi connectivity index (χ4n) is 3.58. The van der Waals surface area contributed by atoms with Crippen molar-refractivity contribution < 1.29 is 22.4 Å². The first kappa shape index (κ1) is 29.3. The Hall–Kier alpha value is -2.94. The molecule has 1 N–H and O–H groups in total. The molecule has 2 amide bonds. The molecular weight excluding hydrogens is 481 g/mol. The summed E-state index contributed by atoms with van der Waals surface area (Å²) in [6.45, 7) is 11.1. The molecule has 36 heavy (non-hydrogen) atoms. The molecule has 0 saturated heterocycles. The van der Waals surface area contributed by atoms with Gasteiger partial charge in [-0.3, -0.25) is 13.9 Å². The number of amides is 2. The molecule has 0 aliphatic carbocycles.